The number of benzene rings is 2. The number of carboxylic acids is 1. The lowest BCUT2D eigenvalue weighted by Gasteiger charge is -2.06. The van der Waals surface area contributed by atoms with Crippen molar-refractivity contribution in [2.24, 2.45) is 0 Å². The Morgan fingerprint density at radius 2 is 1.96 bits per heavy atom. The second-order valence-electron chi connectivity index (χ2n) is 4.93. The van der Waals surface area contributed by atoms with E-state index in [1.807, 2.05) is 0 Å². The molecule has 7 heteroatoms. The van der Waals surface area contributed by atoms with Gasteiger partial charge >= 0.3 is 12.6 Å². The zero-order valence-corrected chi connectivity index (χ0v) is 11.8. The van der Waals surface area contributed by atoms with Crippen LogP contribution in [0.4, 0.5) is 8.78 Å². The van der Waals surface area contributed by atoms with Crippen molar-refractivity contribution in [3.05, 3.63) is 59.8 Å². The lowest BCUT2D eigenvalue weighted by molar-refractivity contribution is -0.0498. The molecule has 0 atom stereocenters. The molecule has 1 N–H and O–H groups in total. The number of aromatic carboxylic acids is 1. The Balaban J connectivity index is 1.79. The van der Waals surface area contributed by atoms with E-state index in [1.54, 1.807) is 35.1 Å². The van der Waals surface area contributed by atoms with Crippen molar-refractivity contribution in [1.82, 2.24) is 9.78 Å². The minimum atomic E-state index is -2.85. The standard InChI is InChI=1S/C16H12F2N2O3/c17-16(18)23-13-4-1-10(2-5-13)8-20-9-12-7-11(15(21)22)3-6-14(12)19-20/h1-7,9,16H,8H2,(H,21,22). The van der Waals surface area contributed by atoms with Gasteiger partial charge in [-0.1, -0.05) is 12.1 Å². The molecule has 2 aromatic carbocycles. The van der Waals surface area contributed by atoms with Crippen molar-refractivity contribution in [2.75, 3.05) is 0 Å². The molecule has 1 heterocycles. The number of rotatable bonds is 5. The molecule has 5 nitrogen and oxygen atoms in total. The van der Waals surface area contributed by atoms with E-state index in [-0.39, 0.29) is 11.3 Å². The highest BCUT2D eigenvalue weighted by Gasteiger charge is 2.08. The minimum Gasteiger partial charge on any atom is -0.478 e. The van der Waals surface area contributed by atoms with E-state index in [4.69, 9.17) is 5.11 Å². The quantitative estimate of drug-likeness (QED) is 0.783. The number of ether oxygens (including phenoxy) is 1. The summed E-state index contributed by atoms with van der Waals surface area (Å²) < 4.78 is 30.2. The van der Waals surface area contributed by atoms with Gasteiger partial charge in [-0.3, -0.25) is 4.68 Å². The van der Waals surface area contributed by atoms with Gasteiger partial charge in [0.25, 0.3) is 0 Å². The van der Waals surface area contributed by atoms with Crippen molar-refractivity contribution in [2.45, 2.75) is 13.2 Å². The molecule has 0 aliphatic rings. The van der Waals surface area contributed by atoms with Crippen LogP contribution in [0.15, 0.2) is 48.7 Å². The van der Waals surface area contributed by atoms with Crippen molar-refractivity contribution in [3.63, 3.8) is 0 Å². The summed E-state index contributed by atoms with van der Waals surface area (Å²) in [6.07, 6.45) is 1.74. The predicted octanol–water partition coefficient (Wildman–Crippen LogP) is 3.38. The molecule has 0 radical (unpaired) electrons. The molecule has 1 aromatic heterocycles. The summed E-state index contributed by atoms with van der Waals surface area (Å²) in [5.74, 6) is -0.894. The van der Waals surface area contributed by atoms with E-state index in [1.165, 1.54) is 18.2 Å². The molecule has 0 fully saturated rings. The number of carbonyl (C=O) groups is 1. The summed E-state index contributed by atoms with van der Waals surface area (Å²) in [4.78, 5) is 11.0. The Morgan fingerprint density at radius 1 is 1.22 bits per heavy atom. The number of carboxylic acid groups (broad SMARTS) is 1. The van der Waals surface area contributed by atoms with Crippen molar-refractivity contribution in [3.8, 4) is 5.75 Å². The third kappa shape index (κ3) is 3.45. The maximum atomic E-state index is 12.1. The first kappa shape index (κ1) is 15.0. The Morgan fingerprint density at radius 3 is 2.61 bits per heavy atom. The van der Waals surface area contributed by atoms with Crippen molar-refractivity contribution >= 4 is 16.9 Å². The number of hydrogen-bond acceptors (Lipinski definition) is 3. The number of nitrogens with zero attached hydrogens (tertiary/aromatic N) is 2. The van der Waals surface area contributed by atoms with Gasteiger partial charge in [-0.05, 0) is 35.9 Å². The zero-order chi connectivity index (χ0) is 16.4. The number of alkyl halides is 2. The molecule has 0 bridgehead atoms. The summed E-state index contributed by atoms with van der Waals surface area (Å²) in [7, 11) is 0. The van der Waals surface area contributed by atoms with Crippen LogP contribution >= 0.6 is 0 Å². The van der Waals surface area contributed by atoms with E-state index in [0.29, 0.717) is 12.1 Å². The van der Waals surface area contributed by atoms with Crippen LogP contribution in [-0.4, -0.2) is 27.5 Å². The summed E-state index contributed by atoms with van der Waals surface area (Å²) in [6.45, 7) is -2.41. The lowest BCUT2D eigenvalue weighted by Crippen LogP contribution is -2.03. The van der Waals surface area contributed by atoms with Crippen LogP contribution in [0.1, 0.15) is 15.9 Å². The topological polar surface area (TPSA) is 64.3 Å². The first-order valence-electron chi connectivity index (χ1n) is 6.75. The van der Waals surface area contributed by atoms with Crippen LogP contribution in [0.2, 0.25) is 0 Å². The highest BCUT2D eigenvalue weighted by molar-refractivity contribution is 5.93. The van der Waals surface area contributed by atoms with E-state index in [0.717, 1.165) is 10.9 Å². The van der Waals surface area contributed by atoms with Gasteiger partial charge in [-0.2, -0.15) is 13.9 Å². The molecule has 0 unspecified atom stereocenters. The molecule has 0 saturated carbocycles. The fourth-order valence-corrected chi connectivity index (χ4v) is 2.25. The fourth-order valence-electron chi connectivity index (χ4n) is 2.25. The summed E-state index contributed by atoms with van der Waals surface area (Å²) in [6, 6.07) is 11.0. The van der Waals surface area contributed by atoms with Gasteiger partial charge in [0, 0.05) is 11.6 Å². The van der Waals surface area contributed by atoms with Crippen molar-refractivity contribution < 1.29 is 23.4 Å². The molecule has 118 valence electrons. The molecule has 3 aromatic rings. The minimum absolute atomic E-state index is 0.0977. The third-order valence-electron chi connectivity index (χ3n) is 3.29. The maximum Gasteiger partial charge on any atom is 0.387 e. The van der Waals surface area contributed by atoms with E-state index < -0.39 is 12.6 Å². The Kier molecular flexibility index (Phi) is 3.92. The van der Waals surface area contributed by atoms with Crippen molar-refractivity contribution in [1.29, 1.82) is 0 Å². The first-order chi connectivity index (χ1) is 11.0. The van der Waals surface area contributed by atoms with Gasteiger partial charge in [0.15, 0.2) is 0 Å². The average Bonchev–Trinajstić information content (AvgIpc) is 2.90. The molecule has 0 aliphatic heterocycles. The predicted molar refractivity (Wildman–Crippen MR) is 78.9 cm³/mol. The Labute approximate surface area is 129 Å². The summed E-state index contributed by atoms with van der Waals surface area (Å²) in [5, 5.41) is 14.1. The highest BCUT2D eigenvalue weighted by Crippen LogP contribution is 2.18. The van der Waals surface area contributed by atoms with E-state index in [2.05, 4.69) is 9.84 Å². The molecule has 3 rings (SSSR count). The molecule has 0 aliphatic carbocycles. The monoisotopic (exact) mass is 318 g/mol. The molecular weight excluding hydrogens is 306 g/mol. The van der Waals surface area contributed by atoms with E-state index >= 15 is 0 Å². The van der Waals surface area contributed by atoms with E-state index in [9.17, 15) is 13.6 Å². The maximum absolute atomic E-state index is 12.1. The molecule has 0 spiro atoms. The fraction of sp³-hybridized carbons (Fsp3) is 0.125. The summed E-state index contributed by atoms with van der Waals surface area (Å²) in [5.41, 5.74) is 1.75. The second-order valence-corrected chi connectivity index (χ2v) is 4.93. The van der Waals surface area contributed by atoms with Gasteiger partial charge in [0.2, 0.25) is 0 Å². The lowest BCUT2D eigenvalue weighted by atomic mass is 10.2. The third-order valence-corrected chi connectivity index (χ3v) is 3.29. The summed E-state index contributed by atoms with van der Waals surface area (Å²) >= 11 is 0. The van der Waals surface area contributed by atoms with Crippen LogP contribution in [-0.2, 0) is 6.54 Å². The van der Waals surface area contributed by atoms with Crippen LogP contribution < -0.4 is 4.74 Å². The number of fused-ring (bicyclic) bond motifs is 1. The zero-order valence-electron chi connectivity index (χ0n) is 11.8. The van der Waals surface area contributed by atoms with Gasteiger partial charge in [0.05, 0.1) is 17.6 Å². The van der Waals surface area contributed by atoms with Crippen LogP contribution in [0.3, 0.4) is 0 Å². The number of halogens is 2. The Hall–Kier alpha value is -2.96. The molecule has 0 saturated heterocycles. The average molecular weight is 318 g/mol. The first-order valence-corrected chi connectivity index (χ1v) is 6.75. The Bertz CT molecular complexity index is 844. The normalized spacial score (nSPS) is 11.1. The van der Waals surface area contributed by atoms with Crippen LogP contribution in [0, 0.1) is 0 Å². The van der Waals surface area contributed by atoms with Gasteiger partial charge < -0.3 is 9.84 Å². The number of hydrogen-bond donors (Lipinski definition) is 1. The van der Waals surface area contributed by atoms with Gasteiger partial charge in [-0.25, -0.2) is 4.79 Å². The largest absolute Gasteiger partial charge is 0.478 e. The smallest absolute Gasteiger partial charge is 0.387 e. The van der Waals surface area contributed by atoms with Gasteiger partial charge in [-0.15, -0.1) is 0 Å². The highest BCUT2D eigenvalue weighted by atomic mass is 19.3. The molecular formula is C16H12F2N2O3. The second kappa shape index (κ2) is 6.04. The van der Waals surface area contributed by atoms with Crippen LogP contribution in [0.5, 0.6) is 5.75 Å². The molecule has 0 amide bonds. The number of aromatic nitrogens is 2. The van der Waals surface area contributed by atoms with Gasteiger partial charge in [0.1, 0.15) is 5.75 Å². The van der Waals surface area contributed by atoms with Crippen LogP contribution in [0.25, 0.3) is 10.9 Å². The SMILES string of the molecule is O=C(O)c1ccc2nn(Cc3ccc(OC(F)F)cc3)cc2c1. The molecule has 23 heavy (non-hydrogen) atoms.